The number of aromatic nitrogens is 3. The Morgan fingerprint density at radius 2 is 1.44 bits per heavy atom. The molecule has 0 amide bonds. The average Bonchev–Trinajstić information content (AvgIpc) is 3.22. The van der Waals surface area contributed by atoms with Crippen molar-refractivity contribution in [2.45, 2.75) is 6.29 Å². The van der Waals surface area contributed by atoms with Crippen molar-refractivity contribution in [2.24, 2.45) is 0 Å². The molecule has 0 radical (unpaired) electrons. The van der Waals surface area contributed by atoms with Crippen molar-refractivity contribution in [1.29, 1.82) is 0 Å². The highest BCUT2D eigenvalue weighted by Gasteiger charge is 2.19. The first-order valence-corrected chi connectivity index (χ1v) is 10.3. The molecular formula is C22H21N3OP+. The lowest BCUT2D eigenvalue weighted by Crippen LogP contribution is -2.37. The van der Waals surface area contributed by atoms with Gasteiger partial charge in [0.1, 0.15) is 12.0 Å². The number of benzene rings is 3. The Bertz CT molecular complexity index is 946. The second kappa shape index (κ2) is 8.15. The van der Waals surface area contributed by atoms with Crippen molar-refractivity contribution in [3.8, 4) is 17.0 Å². The molecule has 1 heterocycles. The van der Waals surface area contributed by atoms with E-state index in [4.69, 9.17) is 4.74 Å². The minimum absolute atomic E-state index is 0.519. The number of nitrogens with one attached hydrogen (secondary N) is 1. The SMILES string of the molecule is COc1ccc(-c2c[n+](CP(c3ccccc3)c3ccccc3)[nH]n2)cc1. The normalized spacial score (nSPS) is 10.9. The number of methoxy groups -OCH3 is 1. The van der Waals surface area contributed by atoms with Crippen LogP contribution in [0.1, 0.15) is 0 Å². The lowest BCUT2D eigenvalue weighted by Gasteiger charge is -2.15. The third-order valence-corrected chi connectivity index (χ3v) is 6.82. The van der Waals surface area contributed by atoms with Crippen LogP contribution in [0.15, 0.2) is 91.1 Å². The van der Waals surface area contributed by atoms with Gasteiger partial charge in [0.05, 0.1) is 7.11 Å². The summed E-state index contributed by atoms with van der Waals surface area (Å²) >= 11 is 0. The molecule has 1 N–H and O–H groups in total. The molecule has 0 spiro atoms. The number of H-pyrrole nitrogens is 1. The summed E-state index contributed by atoms with van der Waals surface area (Å²) in [4.78, 5) is 0. The molecule has 5 heteroatoms. The van der Waals surface area contributed by atoms with E-state index in [-0.39, 0.29) is 0 Å². The molecular weight excluding hydrogens is 353 g/mol. The molecule has 0 atom stereocenters. The summed E-state index contributed by atoms with van der Waals surface area (Å²) in [5.41, 5.74) is 1.99. The van der Waals surface area contributed by atoms with E-state index in [1.165, 1.54) is 10.6 Å². The molecule has 0 saturated heterocycles. The van der Waals surface area contributed by atoms with E-state index in [1.807, 2.05) is 24.3 Å². The van der Waals surface area contributed by atoms with Crippen molar-refractivity contribution >= 4 is 18.5 Å². The molecule has 0 unspecified atom stereocenters. The highest BCUT2D eigenvalue weighted by atomic mass is 31.1. The highest BCUT2D eigenvalue weighted by molar-refractivity contribution is 7.71. The maximum absolute atomic E-state index is 5.23. The van der Waals surface area contributed by atoms with Gasteiger partial charge in [-0.15, -0.1) is 0 Å². The quantitative estimate of drug-likeness (QED) is 0.415. The number of ether oxygens (including phenoxy) is 1. The van der Waals surface area contributed by atoms with E-state index < -0.39 is 7.92 Å². The Kier molecular flexibility index (Phi) is 5.27. The van der Waals surface area contributed by atoms with Crippen molar-refractivity contribution in [2.75, 3.05) is 7.11 Å². The van der Waals surface area contributed by atoms with Crippen LogP contribution < -0.4 is 20.0 Å². The van der Waals surface area contributed by atoms with Crippen LogP contribution in [-0.2, 0) is 6.29 Å². The van der Waals surface area contributed by atoms with Crippen molar-refractivity contribution in [3.63, 3.8) is 0 Å². The van der Waals surface area contributed by atoms with E-state index in [2.05, 4.69) is 81.9 Å². The first kappa shape index (κ1) is 17.4. The second-order valence-electron chi connectivity index (χ2n) is 6.16. The summed E-state index contributed by atoms with van der Waals surface area (Å²) in [6, 6.07) is 29.3. The Morgan fingerprint density at radius 1 is 0.852 bits per heavy atom. The van der Waals surface area contributed by atoms with Gasteiger partial charge in [0.2, 0.25) is 5.69 Å². The first-order chi connectivity index (χ1) is 13.3. The predicted molar refractivity (Wildman–Crippen MR) is 110 cm³/mol. The van der Waals surface area contributed by atoms with Crippen LogP contribution in [0.25, 0.3) is 11.3 Å². The van der Waals surface area contributed by atoms with Crippen molar-refractivity contribution < 1.29 is 9.42 Å². The molecule has 0 fully saturated rings. The maximum Gasteiger partial charge on any atom is 0.248 e. The van der Waals surface area contributed by atoms with Gasteiger partial charge in [0.15, 0.2) is 6.20 Å². The largest absolute Gasteiger partial charge is 0.497 e. The molecule has 1 aromatic heterocycles. The predicted octanol–water partition coefficient (Wildman–Crippen LogP) is 3.46. The van der Waals surface area contributed by atoms with Crippen molar-refractivity contribution in [3.05, 3.63) is 91.1 Å². The fourth-order valence-corrected chi connectivity index (χ4v) is 5.12. The Morgan fingerprint density at radius 3 is 2.00 bits per heavy atom. The standard InChI is InChI=1S/C22H20N3OP/c1-26-19-14-12-18(13-15-19)22-16-25(24-23-22)17-27(20-8-4-2-5-9-20)21-10-6-3-7-11-21/h2-16H,17H2,1H3/p+1. The average molecular weight is 374 g/mol. The lowest BCUT2D eigenvalue weighted by molar-refractivity contribution is -0.735. The molecule has 27 heavy (non-hydrogen) atoms. The minimum atomic E-state index is -0.519. The van der Waals surface area contributed by atoms with Gasteiger partial charge in [-0.1, -0.05) is 65.9 Å². The van der Waals surface area contributed by atoms with Gasteiger partial charge in [0.25, 0.3) is 0 Å². The van der Waals surface area contributed by atoms with Crippen LogP contribution in [-0.4, -0.2) is 17.4 Å². The summed E-state index contributed by atoms with van der Waals surface area (Å²) < 4.78 is 7.30. The zero-order chi connectivity index (χ0) is 18.5. The molecule has 3 aromatic carbocycles. The lowest BCUT2D eigenvalue weighted by atomic mass is 10.2. The van der Waals surface area contributed by atoms with Gasteiger partial charge in [-0.2, -0.15) is 4.68 Å². The van der Waals surface area contributed by atoms with Gasteiger partial charge < -0.3 is 4.74 Å². The van der Waals surface area contributed by atoms with Gasteiger partial charge in [-0.3, -0.25) is 0 Å². The number of rotatable bonds is 6. The summed E-state index contributed by atoms with van der Waals surface area (Å²) in [6.07, 6.45) is 2.93. The van der Waals surface area contributed by atoms with Crippen LogP contribution in [0.3, 0.4) is 0 Å². The monoisotopic (exact) mass is 374 g/mol. The summed E-state index contributed by atoms with van der Waals surface area (Å²) in [5, 5.41) is 10.4. The smallest absolute Gasteiger partial charge is 0.248 e. The fraction of sp³-hybridized carbons (Fsp3) is 0.0909. The van der Waals surface area contributed by atoms with E-state index in [0.29, 0.717) is 0 Å². The molecule has 0 aliphatic carbocycles. The van der Waals surface area contributed by atoms with E-state index in [0.717, 1.165) is 23.3 Å². The van der Waals surface area contributed by atoms with Crippen LogP contribution in [0.5, 0.6) is 5.75 Å². The molecule has 4 rings (SSSR count). The number of nitrogens with zero attached hydrogens (tertiary/aromatic N) is 2. The summed E-state index contributed by atoms with van der Waals surface area (Å²) in [7, 11) is 1.15. The van der Waals surface area contributed by atoms with E-state index in [9.17, 15) is 0 Å². The van der Waals surface area contributed by atoms with Gasteiger partial charge in [0, 0.05) is 18.6 Å². The number of hydrogen-bond donors (Lipinski definition) is 1. The molecule has 4 aromatic rings. The molecule has 0 saturated carbocycles. The molecule has 0 aliphatic rings. The fourth-order valence-electron chi connectivity index (χ4n) is 2.98. The van der Waals surface area contributed by atoms with Gasteiger partial charge in [-0.25, -0.2) is 0 Å². The van der Waals surface area contributed by atoms with Gasteiger partial charge >= 0.3 is 0 Å². The third-order valence-electron chi connectivity index (χ3n) is 4.39. The maximum atomic E-state index is 5.23. The van der Waals surface area contributed by atoms with E-state index >= 15 is 0 Å². The molecule has 4 nitrogen and oxygen atoms in total. The van der Waals surface area contributed by atoms with E-state index in [1.54, 1.807) is 7.11 Å². The first-order valence-electron chi connectivity index (χ1n) is 8.80. The zero-order valence-electron chi connectivity index (χ0n) is 15.1. The Labute approximate surface area is 160 Å². The van der Waals surface area contributed by atoms with Crippen LogP contribution in [0.4, 0.5) is 0 Å². The summed E-state index contributed by atoms with van der Waals surface area (Å²) in [5.74, 6) is 0.846. The Hall–Kier alpha value is -2.97. The topological polar surface area (TPSA) is 41.8 Å². The third kappa shape index (κ3) is 4.07. The zero-order valence-corrected chi connectivity index (χ0v) is 16.0. The molecule has 0 aliphatic heterocycles. The number of hydrogen-bond acceptors (Lipinski definition) is 2. The Balaban J connectivity index is 1.61. The second-order valence-corrected chi connectivity index (χ2v) is 8.34. The number of aromatic amines is 1. The molecule has 0 bridgehead atoms. The van der Waals surface area contributed by atoms with Crippen molar-refractivity contribution in [1.82, 2.24) is 10.3 Å². The van der Waals surface area contributed by atoms with Gasteiger partial charge in [-0.05, 0) is 34.9 Å². The summed E-state index contributed by atoms with van der Waals surface area (Å²) in [6.45, 7) is 0. The van der Waals surface area contributed by atoms with Crippen LogP contribution in [0, 0.1) is 0 Å². The van der Waals surface area contributed by atoms with Crippen LogP contribution >= 0.6 is 7.92 Å². The highest BCUT2D eigenvalue weighted by Crippen LogP contribution is 2.33. The minimum Gasteiger partial charge on any atom is -0.497 e. The van der Waals surface area contributed by atoms with Crippen LogP contribution in [0.2, 0.25) is 0 Å². The molecule has 134 valence electrons.